The van der Waals surface area contributed by atoms with Crippen molar-refractivity contribution in [2.45, 2.75) is 19.3 Å². The van der Waals surface area contributed by atoms with Crippen LogP contribution in [-0.2, 0) is 12.8 Å². The highest BCUT2D eigenvalue weighted by atomic mass is 15.1. The smallest absolute Gasteiger partial charge is 0.111 e. The molecule has 2 heterocycles. The third-order valence-electron chi connectivity index (χ3n) is 4.54. The van der Waals surface area contributed by atoms with Crippen molar-refractivity contribution >= 4 is 16.7 Å². The van der Waals surface area contributed by atoms with Gasteiger partial charge in [0.15, 0.2) is 0 Å². The fraction of sp³-hybridized carbons (Fsp3) is 0.250. The number of aromatic nitrogens is 2. The molecule has 0 saturated heterocycles. The van der Waals surface area contributed by atoms with Crippen molar-refractivity contribution in [2.24, 2.45) is 0 Å². The van der Waals surface area contributed by atoms with E-state index in [0.29, 0.717) is 0 Å². The van der Waals surface area contributed by atoms with Crippen molar-refractivity contribution in [3.8, 4) is 0 Å². The third kappa shape index (κ3) is 2.63. The van der Waals surface area contributed by atoms with Gasteiger partial charge in [0.2, 0.25) is 0 Å². The van der Waals surface area contributed by atoms with E-state index >= 15 is 0 Å². The number of aromatic amines is 1. The lowest BCUT2D eigenvalue weighted by Gasteiger charge is -2.30. The van der Waals surface area contributed by atoms with Crippen LogP contribution in [0.1, 0.15) is 23.4 Å². The number of rotatable bonds is 4. The number of benzene rings is 2. The first-order chi connectivity index (χ1) is 11.3. The van der Waals surface area contributed by atoms with E-state index in [4.69, 9.17) is 4.98 Å². The molecule has 0 spiro atoms. The van der Waals surface area contributed by atoms with Gasteiger partial charge in [0.1, 0.15) is 5.82 Å². The van der Waals surface area contributed by atoms with Crippen molar-refractivity contribution < 1.29 is 0 Å². The monoisotopic (exact) mass is 303 g/mol. The molecule has 0 saturated carbocycles. The predicted octanol–water partition coefficient (Wildman–Crippen LogP) is 4.09. The molecule has 3 aromatic rings. The first-order valence-electron chi connectivity index (χ1n) is 8.25. The van der Waals surface area contributed by atoms with Crippen LogP contribution in [0.2, 0.25) is 0 Å². The molecular formula is C20H21N3. The van der Waals surface area contributed by atoms with E-state index in [1.165, 1.54) is 23.2 Å². The maximum atomic E-state index is 4.91. The second kappa shape index (κ2) is 5.92. The molecule has 3 nitrogen and oxygen atoms in total. The molecule has 0 aliphatic carbocycles. The van der Waals surface area contributed by atoms with Gasteiger partial charge in [0.05, 0.1) is 11.0 Å². The number of hydrogen-bond donors (Lipinski definition) is 1. The van der Waals surface area contributed by atoms with Crippen LogP contribution in [0.25, 0.3) is 11.0 Å². The third-order valence-corrected chi connectivity index (χ3v) is 4.54. The molecule has 1 N–H and O–H groups in total. The Morgan fingerprint density at radius 1 is 1.17 bits per heavy atom. The van der Waals surface area contributed by atoms with E-state index in [9.17, 15) is 0 Å². The Hall–Kier alpha value is -2.55. The standard InChI is InChI=1S/C20H21N3/c1-2-12-23-13-6-9-16-18(23)11-10-17-20(16)22-19(21-17)14-15-7-4-3-5-8-15/h2-5,7-8,10-11H,1,6,9,12-14H2,(H,21,22). The topological polar surface area (TPSA) is 31.9 Å². The Kier molecular flexibility index (Phi) is 3.62. The zero-order chi connectivity index (χ0) is 15.6. The lowest BCUT2D eigenvalue weighted by Crippen LogP contribution is -2.29. The Bertz CT molecular complexity index is 833. The number of H-pyrrole nitrogens is 1. The van der Waals surface area contributed by atoms with Crippen molar-refractivity contribution in [3.05, 3.63) is 72.1 Å². The van der Waals surface area contributed by atoms with E-state index in [1.807, 2.05) is 12.1 Å². The molecule has 3 heteroatoms. The first-order valence-corrected chi connectivity index (χ1v) is 8.25. The van der Waals surface area contributed by atoms with E-state index in [1.54, 1.807) is 0 Å². The van der Waals surface area contributed by atoms with Crippen molar-refractivity contribution in [3.63, 3.8) is 0 Å². The van der Waals surface area contributed by atoms with Crippen LogP contribution >= 0.6 is 0 Å². The van der Waals surface area contributed by atoms with Gasteiger partial charge in [-0.2, -0.15) is 0 Å². The minimum atomic E-state index is 0.848. The normalized spacial score (nSPS) is 14.0. The Morgan fingerprint density at radius 3 is 2.87 bits per heavy atom. The van der Waals surface area contributed by atoms with E-state index in [-0.39, 0.29) is 0 Å². The molecule has 0 fully saturated rings. The van der Waals surface area contributed by atoms with Gasteiger partial charge in [0.25, 0.3) is 0 Å². The minimum absolute atomic E-state index is 0.848. The number of nitrogens with zero attached hydrogens (tertiary/aromatic N) is 2. The van der Waals surface area contributed by atoms with Crippen LogP contribution in [0, 0.1) is 0 Å². The van der Waals surface area contributed by atoms with Crippen molar-refractivity contribution in [2.75, 3.05) is 18.0 Å². The summed E-state index contributed by atoms with van der Waals surface area (Å²) in [5, 5.41) is 0. The second-order valence-corrected chi connectivity index (χ2v) is 6.14. The van der Waals surface area contributed by atoms with Gasteiger partial charge in [-0.25, -0.2) is 4.98 Å². The summed E-state index contributed by atoms with van der Waals surface area (Å²) in [5.41, 5.74) is 6.28. The lowest BCUT2D eigenvalue weighted by molar-refractivity contribution is 0.725. The van der Waals surface area contributed by atoms with E-state index in [0.717, 1.165) is 42.8 Å². The predicted molar refractivity (Wildman–Crippen MR) is 96.1 cm³/mol. The molecule has 0 amide bonds. The summed E-state index contributed by atoms with van der Waals surface area (Å²) in [6, 6.07) is 14.9. The molecular weight excluding hydrogens is 282 g/mol. The quantitative estimate of drug-likeness (QED) is 0.736. The molecule has 0 atom stereocenters. The molecule has 23 heavy (non-hydrogen) atoms. The Morgan fingerprint density at radius 2 is 2.04 bits per heavy atom. The van der Waals surface area contributed by atoms with Crippen molar-refractivity contribution in [1.29, 1.82) is 0 Å². The number of fused-ring (bicyclic) bond motifs is 3. The number of anilines is 1. The van der Waals surface area contributed by atoms with Crippen LogP contribution in [0.4, 0.5) is 5.69 Å². The fourth-order valence-corrected chi connectivity index (χ4v) is 3.50. The number of imidazole rings is 1. The molecule has 1 aromatic heterocycles. The molecule has 1 aliphatic rings. The number of aryl methyl sites for hydroxylation is 1. The van der Waals surface area contributed by atoms with Crippen molar-refractivity contribution in [1.82, 2.24) is 9.97 Å². The molecule has 2 aromatic carbocycles. The van der Waals surface area contributed by atoms with Gasteiger partial charge in [-0.05, 0) is 30.5 Å². The van der Waals surface area contributed by atoms with Gasteiger partial charge < -0.3 is 9.88 Å². The average Bonchev–Trinajstić information content (AvgIpc) is 2.99. The lowest BCUT2D eigenvalue weighted by atomic mass is 10.00. The Balaban J connectivity index is 1.73. The molecule has 0 radical (unpaired) electrons. The van der Waals surface area contributed by atoms with Gasteiger partial charge >= 0.3 is 0 Å². The number of nitrogens with one attached hydrogen (secondary N) is 1. The molecule has 1 aliphatic heterocycles. The fourth-order valence-electron chi connectivity index (χ4n) is 3.50. The minimum Gasteiger partial charge on any atom is -0.368 e. The summed E-state index contributed by atoms with van der Waals surface area (Å²) < 4.78 is 0. The highest BCUT2D eigenvalue weighted by molar-refractivity contribution is 5.85. The van der Waals surface area contributed by atoms with E-state index < -0.39 is 0 Å². The van der Waals surface area contributed by atoms with Gasteiger partial charge in [0, 0.05) is 30.8 Å². The number of hydrogen-bond acceptors (Lipinski definition) is 2. The second-order valence-electron chi connectivity index (χ2n) is 6.14. The van der Waals surface area contributed by atoms with Gasteiger partial charge in [-0.15, -0.1) is 6.58 Å². The highest BCUT2D eigenvalue weighted by Gasteiger charge is 2.20. The van der Waals surface area contributed by atoms with Crippen LogP contribution in [-0.4, -0.2) is 23.1 Å². The summed E-state index contributed by atoms with van der Waals surface area (Å²) in [6.45, 7) is 5.88. The zero-order valence-electron chi connectivity index (χ0n) is 13.3. The summed E-state index contributed by atoms with van der Waals surface area (Å²) in [7, 11) is 0. The summed E-state index contributed by atoms with van der Waals surface area (Å²) in [4.78, 5) is 10.8. The van der Waals surface area contributed by atoms with Crippen LogP contribution < -0.4 is 4.90 Å². The van der Waals surface area contributed by atoms with E-state index in [2.05, 4.69) is 52.9 Å². The summed E-state index contributed by atoms with van der Waals surface area (Å²) in [5.74, 6) is 1.04. The first kappa shape index (κ1) is 14.1. The average molecular weight is 303 g/mol. The van der Waals surface area contributed by atoms with Crippen LogP contribution in [0.5, 0.6) is 0 Å². The zero-order valence-corrected chi connectivity index (χ0v) is 13.3. The highest BCUT2D eigenvalue weighted by Crippen LogP contribution is 2.32. The largest absolute Gasteiger partial charge is 0.368 e. The van der Waals surface area contributed by atoms with Crippen LogP contribution in [0.15, 0.2) is 55.1 Å². The summed E-state index contributed by atoms with van der Waals surface area (Å²) in [6.07, 6.45) is 5.11. The molecule has 0 unspecified atom stereocenters. The SMILES string of the molecule is C=CCN1CCCc2c1ccc1[nH]c(Cc3ccccc3)nc21. The molecule has 116 valence electrons. The van der Waals surface area contributed by atoms with Crippen LogP contribution in [0.3, 0.4) is 0 Å². The summed E-state index contributed by atoms with van der Waals surface area (Å²) >= 11 is 0. The molecule has 4 rings (SSSR count). The van der Waals surface area contributed by atoms with Gasteiger partial charge in [-0.1, -0.05) is 36.4 Å². The maximum absolute atomic E-state index is 4.91. The maximum Gasteiger partial charge on any atom is 0.111 e. The van der Waals surface area contributed by atoms with Gasteiger partial charge in [-0.3, -0.25) is 0 Å². The Labute approximate surface area is 136 Å². The molecule has 0 bridgehead atoms.